The molecule has 0 aromatic carbocycles. The van der Waals surface area contributed by atoms with Gasteiger partial charge < -0.3 is 15.1 Å². The molecule has 2 N–H and O–H groups in total. The molecule has 0 saturated carbocycles. The van der Waals surface area contributed by atoms with E-state index in [0.717, 1.165) is 4.90 Å². The van der Waals surface area contributed by atoms with E-state index in [1.54, 1.807) is 6.07 Å². The van der Waals surface area contributed by atoms with E-state index >= 15 is 0 Å². The van der Waals surface area contributed by atoms with Gasteiger partial charge in [0.2, 0.25) is 0 Å². The first-order valence-corrected chi connectivity index (χ1v) is 5.71. The van der Waals surface area contributed by atoms with Crippen LogP contribution < -0.4 is 0 Å². The van der Waals surface area contributed by atoms with Gasteiger partial charge in [-0.25, -0.2) is 9.78 Å². The summed E-state index contributed by atoms with van der Waals surface area (Å²) in [6.07, 6.45) is 0.636. The van der Waals surface area contributed by atoms with E-state index in [9.17, 15) is 14.7 Å². The summed E-state index contributed by atoms with van der Waals surface area (Å²) in [5, 5.41) is 18.5. The number of carboxylic acid groups (broad SMARTS) is 1. The van der Waals surface area contributed by atoms with Crippen molar-refractivity contribution in [3.05, 3.63) is 29.0 Å². The fourth-order valence-electron chi connectivity index (χ4n) is 1.97. The van der Waals surface area contributed by atoms with Crippen molar-refractivity contribution < 1.29 is 19.8 Å². The number of aliphatic carboxylic acids is 1. The highest BCUT2D eigenvalue weighted by atomic mass is 35.5. The topological polar surface area (TPSA) is 90.7 Å². The van der Waals surface area contributed by atoms with E-state index in [4.69, 9.17) is 16.7 Å². The normalized spacial score (nSPS) is 23.1. The number of aromatic nitrogens is 1. The average Bonchev–Trinajstić information content (AvgIpc) is 2.71. The fraction of sp³-hybridized carbons (Fsp3) is 0.364. The Kier molecular flexibility index (Phi) is 3.49. The quantitative estimate of drug-likeness (QED) is 0.759. The summed E-state index contributed by atoms with van der Waals surface area (Å²) < 4.78 is 0. The van der Waals surface area contributed by atoms with Gasteiger partial charge in [0.05, 0.1) is 11.7 Å². The number of nitrogens with zero attached hydrogens (tertiary/aromatic N) is 2. The lowest BCUT2D eigenvalue weighted by Crippen LogP contribution is -2.40. The molecule has 0 spiro atoms. The number of pyridine rings is 1. The van der Waals surface area contributed by atoms with Gasteiger partial charge in [-0.1, -0.05) is 11.6 Å². The zero-order valence-corrected chi connectivity index (χ0v) is 10.0. The number of likely N-dealkylation sites (tertiary alicyclic amines) is 1. The largest absolute Gasteiger partial charge is 0.480 e. The van der Waals surface area contributed by atoms with Crippen LogP contribution in [-0.2, 0) is 4.79 Å². The van der Waals surface area contributed by atoms with E-state index in [2.05, 4.69) is 4.98 Å². The summed E-state index contributed by atoms with van der Waals surface area (Å²) in [5.74, 6) is -1.67. The highest BCUT2D eigenvalue weighted by molar-refractivity contribution is 6.32. The molecule has 2 heterocycles. The molecule has 2 atom stereocenters. The molecule has 7 heteroatoms. The highest BCUT2D eigenvalue weighted by Crippen LogP contribution is 2.23. The number of hydrogen-bond donors (Lipinski definition) is 2. The maximum atomic E-state index is 12.2. The molecule has 1 aromatic rings. The Hall–Kier alpha value is -1.66. The summed E-state index contributed by atoms with van der Waals surface area (Å²) in [4.78, 5) is 28.1. The fourth-order valence-corrected chi connectivity index (χ4v) is 2.17. The summed E-state index contributed by atoms with van der Waals surface area (Å²) in [5.41, 5.74) is 0.138. The Morgan fingerprint density at radius 1 is 1.50 bits per heavy atom. The number of halogens is 1. The standard InChI is InChI=1S/C11H11ClN2O4/c12-9-7(2-1-3-13-9)10(16)14-5-6(15)4-8(14)11(17)18/h1-3,6,8,15H,4-5H2,(H,17,18)/t6-,8+/m1/s1. The van der Waals surface area contributed by atoms with Gasteiger partial charge in [-0.3, -0.25) is 4.79 Å². The lowest BCUT2D eigenvalue weighted by atomic mass is 10.2. The van der Waals surface area contributed by atoms with Crippen LogP contribution in [0.15, 0.2) is 18.3 Å². The van der Waals surface area contributed by atoms with Gasteiger partial charge in [0, 0.05) is 19.2 Å². The van der Waals surface area contributed by atoms with Crippen molar-refractivity contribution in [2.45, 2.75) is 18.6 Å². The Labute approximate surface area is 108 Å². The first kappa shape index (κ1) is 12.8. The Morgan fingerprint density at radius 2 is 2.22 bits per heavy atom. The average molecular weight is 271 g/mol. The van der Waals surface area contributed by atoms with Crippen LogP contribution in [0.4, 0.5) is 0 Å². The lowest BCUT2D eigenvalue weighted by molar-refractivity contribution is -0.141. The third kappa shape index (κ3) is 2.30. The molecular weight excluding hydrogens is 260 g/mol. The van der Waals surface area contributed by atoms with Gasteiger partial charge in [-0.05, 0) is 12.1 Å². The minimum atomic E-state index is -1.14. The van der Waals surface area contributed by atoms with E-state index in [1.807, 2.05) is 0 Å². The predicted octanol–water partition coefficient (Wildman–Crippen LogP) is 0.395. The first-order valence-electron chi connectivity index (χ1n) is 5.33. The number of hydrogen-bond acceptors (Lipinski definition) is 4. The van der Waals surface area contributed by atoms with Crippen molar-refractivity contribution >= 4 is 23.5 Å². The minimum Gasteiger partial charge on any atom is -0.480 e. The molecular formula is C11H11ClN2O4. The number of carboxylic acids is 1. The van der Waals surface area contributed by atoms with Gasteiger partial charge in [0.1, 0.15) is 11.2 Å². The zero-order chi connectivity index (χ0) is 13.3. The molecule has 1 aliphatic rings. The van der Waals surface area contributed by atoms with Crippen molar-refractivity contribution in [1.29, 1.82) is 0 Å². The molecule has 0 radical (unpaired) electrons. The number of amides is 1. The molecule has 0 aliphatic carbocycles. The van der Waals surface area contributed by atoms with Crippen molar-refractivity contribution in [2.24, 2.45) is 0 Å². The number of aliphatic hydroxyl groups excluding tert-OH is 1. The van der Waals surface area contributed by atoms with Crippen LogP contribution in [0.1, 0.15) is 16.8 Å². The van der Waals surface area contributed by atoms with E-state index < -0.39 is 24.0 Å². The molecule has 6 nitrogen and oxygen atoms in total. The molecule has 1 amide bonds. The molecule has 0 bridgehead atoms. The number of aliphatic hydroxyl groups is 1. The van der Waals surface area contributed by atoms with Crippen molar-refractivity contribution in [3.63, 3.8) is 0 Å². The van der Waals surface area contributed by atoms with Gasteiger partial charge in [0.15, 0.2) is 0 Å². The van der Waals surface area contributed by atoms with E-state index in [-0.39, 0.29) is 23.7 Å². The lowest BCUT2D eigenvalue weighted by Gasteiger charge is -2.21. The van der Waals surface area contributed by atoms with Gasteiger partial charge in [0.25, 0.3) is 5.91 Å². The summed E-state index contributed by atoms with van der Waals surface area (Å²) in [7, 11) is 0. The molecule has 96 valence electrons. The third-order valence-corrected chi connectivity index (χ3v) is 3.12. The Morgan fingerprint density at radius 3 is 2.83 bits per heavy atom. The maximum absolute atomic E-state index is 12.2. The number of β-amino-alcohol motifs (C(OH)–C–C–N with tert-alkyl or cyclic N) is 1. The number of rotatable bonds is 2. The first-order chi connectivity index (χ1) is 8.50. The summed E-state index contributed by atoms with van der Waals surface area (Å²) in [6, 6.07) is 1.99. The molecule has 1 fully saturated rings. The second-order valence-electron chi connectivity index (χ2n) is 4.04. The smallest absolute Gasteiger partial charge is 0.326 e. The van der Waals surface area contributed by atoms with Crippen LogP contribution in [-0.4, -0.2) is 50.7 Å². The van der Waals surface area contributed by atoms with Crippen LogP contribution in [0.5, 0.6) is 0 Å². The number of carbonyl (C=O) groups is 2. The van der Waals surface area contributed by atoms with E-state index in [0.29, 0.717) is 0 Å². The minimum absolute atomic E-state index is 0.0129. The van der Waals surface area contributed by atoms with Crippen LogP contribution in [0.2, 0.25) is 5.15 Å². The van der Waals surface area contributed by atoms with Crippen LogP contribution in [0, 0.1) is 0 Å². The zero-order valence-electron chi connectivity index (χ0n) is 9.28. The van der Waals surface area contributed by atoms with Crippen molar-refractivity contribution in [2.75, 3.05) is 6.54 Å². The number of carbonyl (C=O) groups excluding carboxylic acids is 1. The van der Waals surface area contributed by atoms with Crippen LogP contribution in [0.25, 0.3) is 0 Å². The molecule has 1 aromatic heterocycles. The molecule has 2 rings (SSSR count). The summed E-state index contributed by atoms with van der Waals surface area (Å²) >= 11 is 5.79. The SMILES string of the molecule is O=C(O)[C@@H]1C[C@@H](O)CN1C(=O)c1cccnc1Cl. The third-order valence-electron chi connectivity index (χ3n) is 2.81. The van der Waals surface area contributed by atoms with Crippen LogP contribution >= 0.6 is 11.6 Å². The Balaban J connectivity index is 2.28. The van der Waals surface area contributed by atoms with Gasteiger partial charge in [-0.2, -0.15) is 0 Å². The highest BCUT2D eigenvalue weighted by Gasteiger charge is 2.39. The second kappa shape index (κ2) is 4.91. The molecule has 1 aliphatic heterocycles. The molecule has 18 heavy (non-hydrogen) atoms. The molecule has 0 unspecified atom stereocenters. The van der Waals surface area contributed by atoms with E-state index in [1.165, 1.54) is 12.3 Å². The van der Waals surface area contributed by atoms with Crippen molar-refractivity contribution in [3.8, 4) is 0 Å². The summed E-state index contributed by atoms with van der Waals surface area (Å²) in [6.45, 7) is -0.0129. The Bertz CT molecular complexity index is 494. The maximum Gasteiger partial charge on any atom is 0.326 e. The van der Waals surface area contributed by atoms with Crippen molar-refractivity contribution in [1.82, 2.24) is 9.88 Å². The van der Waals surface area contributed by atoms with Crippen LogP contribution in [0.3, 0.4) is 0 Å². The van der Waals surface area contributed by atoms with Gasteiger partial charge in [-0.15, -0.1) is 0 Å². The predicted molar refractivity (Wildman–Crippen MR) is 62.3 cm³/mol. The van der Waals surface area contributed by atoms with Gasteiger partial charge >= 0.3 is 5.97 Å². The molecule has 1 saturated heterocycles. The monoisotopic (exact) mass is 270 g/mol. The second-order valence-corrected chi connectivity index (χ2v) is 4.40.